The van der Waals surface area contributed by atoms with E-state index < -0.39 is 29.3 Å². The van der Waals surface area contributed by atoms with Crippen molar-refractivity contribution >= 4 is 51.6 Å². The van der Waals surface area contributed by atoms with Gasteiger partial charge in [0.25, 0.3) is 17.5 Å². The number of primary amides is 1. The van der Waals surface area contributed by atoms with Gasteiger partial charge in [-0.2, -0.15) is 0 Å². The zero-order valence-electron chi connectivity index (χ0n) is 19.4. The molecule has 3 N–H and O–H groups in total. The first-order chi connectivity index (χ1) is 17.2. The van der Waals surface area contributed by atoms with E-state index in [2.05, 4.69) is 5.32 Å². The van der Waals surface area contributed by atoms with Gasteiger partial charge in [0.2, 0.25) is 0 Å². The van der Waals surface area contributed by atoms with Crippen molar-refractivity contribution in [3.05, 3.63) is 79.7 Å². The molecule has 0 saturated heterocycles. The number of esters is 1. The highest BCUT2D eigenvalue weighted by Gasteiger charge is 2.25. The lowest BCUT2D eigenvalue weighted by molar-refractivity contribution is -0.387. The molecule has 2 amide bonds. The Bertz CT molecular complexity index is 1350. The number of hydrogen-bond acceptors (Lipinski definition) is 8. The first-order valence-electron chi connectivity index (χ1n) is 11.2. The summed E-state index contributed by atoms with van der Waals surface area (Å²) in [5.74, 6) is -2.12. The van der Waals surface area contributed by atoms with Gasteiger partial charge in [-0.15, -0.1) is 11.3 Å². The standard InChI is InChI=1S/C25H23N3O6S2/c1-14-6-9-16(10-7-14)35-20-11-8-15(12-18(20)28(32)33)25(31)34-13-21(29)27-24-22(23(26)30)17-4-2-3-5-19(17)36-24/h6-12H,2-5,13H2,1H3,(H2,26,30)(H,27,29). The van der Waals surface area contributed by atoms with Crippen molar-refractivity contribution in [1.29, 1.82) is 0 Å². The van der Waals surface area contributed by atoms with E-state index in [-0.39, 0.29) is 11.3 Å². The van der Waals surface area contributed by atoms with E-state index >= 15 is 0 Å². The third-order valence-corrected chi connectivity index (χ3v) is 7.93. The molecule has 1 aromatic heterocycles. The molecule has 11 heteroatoms. The second-order valence-electron chi connectivity index (χ2n) is 8.26. The van der Waals surface area contributed by atoms with E-state index in [0.29, 0.717) is 15.5 Å². The van der Waals surface area contributed by atoms with Gasteiger partial charge in [0.05, 0.1) is 20.9 Å². The number of nitro groups is 1. The van der Waals surface area contributed by atoms with Gasteiger partial charge in [-0.05, 0) is 62.4 Å². The van der Waals surface area contributed by atoms with Gasteiger partial charge in [-0.3, -0.25) is 19.7 Å². The summed E-state index contributed by atoms with van der Waals surface area (Å²) in [4.78, 5) is 50.2. The van der Waals surface area contributed by atoms with Crippen molar-refractivity contribution in [2.24, 2.45) is 5.73 Å². The number of fused-ring (bicyclic) bond motifs is 1. The van der Waals surface area contributed by atoms with Gasteiger partial charge < -0.3 is 15.8 Å². The molecule has 0 aliphatic heterocycles. The number of thiophene rings is 1. The minimum atomic E-state index is -0.874. The maximum atomic E-state index is 12.5. The van der Waals surface area contributed by atoms with Crippen LogP contribution in [0, 0.1) is 17.0 Å². The van der Waals surface area contributed by atoms with E-state index in [1.807, 2.05) is 31.2 Å². The number of hydrogen-bond donors (Lipinski definition) is 2. The Balaban J connectivity index is 1.42. The molecule has 1 aliphatic carbocycles. The van der Waals surface area contributed by atoms with Crippen molar-refractivity contribution < 1.29 is 24.0 Å². The highest BCUT2D eigenvalue weighted by molar-refractivity contribution is 7.99. The number of benzene rings is 2. The molecule has 0 unspecified atom stereocenters. The highest BCUT2D eigenvalue weighted by atomic mass is 32.2. The number of nitro benzene ring substituents is 1. The fourth-order valence-electron chi connectivity index (χ4n) is 3.90. The molecule has 186 valence electrons. The summed E-state index contributed by atoms with van der Waals surface area (Å²) < 4.78 is 5.08. The van der Waals surface area contributed by atoms with Crippen LogP contribution in [0.3, 0.4) is 0 Å². The number of anilines is 1. The lowest BCUT2D eigenvalue weighted by Gasteiger charge is -2.11. The van der Waals surface area contributed by atoms with Crippen LogP contribution >= 0.6 is 23.1 Å². The molecule has 0 spiro atoms. The molecule has 0 atom stereocenters. The number of nitrogens with one attached hydrogen (secondary N) is 1. The summed E-state index contributed by atoms with van der Waals surface area (Å²) in [6.45, 7) is 1.33. The number of carbonyl (C=O) groups is 3. The third kappa shape index (κ3) is 5.74. The van der Waals surface area contributed by atoms with E-state index in [1.54, 1.807) is 0 Å². The number of nitrogens with two attached hydrogens (primary N) is 1. The molecular formula is C25H23N3O6S2. The molecule has 0 radical (unpaired) electrons. The molecular weight excluding hydrogens is 502 g/mol. The van der Waals surface area contributed by atoms with Crippen LogP contribution < -0.4 is 11.1 Å². The van der Waals surface area contributed by atoms with Gasteiger partial charge >= 0.3 is 5.97 Å². The topological polar surface area (TPSA) is 142 Å². The number of rotatable bonds is 8. The van der Waals surface area contributed by atoms with Crippen LogP contribution in [0.1, 0.15) is 49.6 Å². The average molecular weight is 526 g/mol. The van der Waals surface area contributed by atoms with Crippen LogP contribution in [-0.2, 0) is 22.4 Å². The van der Waals surface area contributed by atoms with E-state index in [9.17, 15) is 24.5 Å². The number of amides is 2. The number of aryl methyl sites for hydroxylation is 2. The molecule has 36 heavy (non-hydrogen) atoms. The summed E-state index contributed by atoms with van der Waals surface area (Å²) >= 11 is 2.52. The Morgan fingerprint density at radius 2 is 1.86 bits per heavy atom. The predicted octanol–water partition coefficient (Wildman–Crippen LogP) is 4.89. The molecule has 1 aliphatic rings. The zero-order chi connectivity index (χ0) is 25.8. The molecule has 1 heterocycles. The summed E-state index contributed by atoms with van der Waals surface area (Å²) in [5, 5.41) is 14.6. The van der Waals surface area contributed by atoms with Crippen LogP contribution in [0.15, 0.2) is 52.3 Å². The minimum Gasteiger partial charge on any atom is -0.452 e. The third-order valence-electron chi connectivity index (χ3n) is 5.65. The van der Waals surface area contributed by atoms with Gasteiger partial charge in [-0.1, -0.05) is 29.5 Å². The summed E-state index contributed by atoms with van der Waals surface area (Å²) in [7, 11) is 0. The van der Waals surface area contributed by atoms with Gasteiger partial charge in [0.15, 0.2) is 6.61 Å². The summed E-state index contributed by atoms with van der Waals surface area (Å²) in [6, 6.07) is 11.6. The van der Waals surface area contributed by atoms with E-state index in [4.69, 9.17) is 10.5 Å². The van der Waals surface area contributed by atoms with E-state index in [1.165, 1.54) is 35.2 Å². The molecule has 9 nitrogen and oxygen atoms in total. The fourth-order valence-corrected chi connectivity index (χ4v) is 6.11. The Morgan fingerprint density at radius 1 is 1.14 bits per heavy atom. The summed E-state index contributed by atoms with van der Waals surface area (Å²) in [5.41, 5.74) is 7.51. The predicted molar refractivity (Wildman–Crippen MR) is 137 cm³/mol. The lowest BCUT2D eigenvalue weighted by Crippen LogP contribution is -2.23. The largest absolute Gasteiger partial charge is 0.452 e. The maximum absolute atomic E-state index is 12.5. The molecule has 0 saturated carbocycles. The second kappa shape index (κ2) is 10.9. The molecule has 0 fully saturated rings. The Kier molecular flexibility index (Phi) is 7.70. The van der Waals surface area contributed by atoms with Gasteiger partial charge in [0.1, 0.15) is 5.00 Å². The number of carbonyl (C=O) groups excluding carboxylic acids is 3. The highest BCUT2D eigenvalue weighted by Crippen LogP contribution is 2.38. The molecule has 3 aromatic rings. The Hall–Kier alpha value is -3.70. The summed E-state index contributed by atoms with van der Waals surface area (Å²) in [6.07, 6.45) is 3.50. The Labute approximate surface area is 215 Å². The first kappa shape index (κ1) is 25.4. The quantitative estimate of drug-likeness (QED) is 0.242. The van der Waals surface area contributed by atoms with Crippen LogP contribution in [-0.4, -0.2) is 29.3 Å². The van der Waals surface area contributed by atoms with Crippen molar-refractivity contribution in [3.8, 4) is 0 Å². The van der Waals surface area contributed by atoms with Crippen LogP contribution in [0.5, 0.6) is 0 Å². The number of nitrogens with zero attached hydrogens (tertiary/aromatic N) is 1. The Morgan fingerprint density at radius 3 is 2.56 bits per heavy atom. The monoisotopic (exact) mass is 525 g/mol. The minimum absolute atomic E-state index is 0.0489. The first-order valence-corrected chi connectivity index (χ1v) is 12.8. The van der Waals surface area contributed by atoms with Crippen LogP contribution in [0.2, 0.25) is 0 Å². The van der Waals surface area contributed by atoms with Crippen molar-refractivity contribution in [2.45, 2.75) is 42.4 Å². The normalized spacial score (nSPS) is 12.5. The van der Waals surface area contributed by atoms with Crippen molar-refractivity contribution in [1.82, 2.24) is 0 Å². The smallest absolute Gasteiger partial charge is 0.338 e. The lowest BCUT2D eigenvalue weighted by atomic mass is 9.95. The van der Waals surface area contributed by atoms with Crippen molar-refractivity contribution in [3.63, 3.8) is 0 Å². The average Bonchev–Trinajstić information content (AvgIpc) is 3.22. The second-order valence-corrected chi connectivity index (χ2v) is 10.5. The SMILES string of the molecule is Cc1ccc(Sc2ccc(C(=O)OCC(=O)Nc3sc4c(c3C(N)=O)CCCC4)cc2[N+](=O)[O-])cc1. The van der Waals surface area contributed by atoms with Gasteiger partial charge in [-0.25, -0.2) is 4.79 Å². The zero-order valence-corrected chi connectivity index (χ0v) is 21.0. The van der Waals surface area contributed by atoms with Crippen LogP contribution in [0.25, 0.3) is 0 Å². The molecule has 0 bridgehead atoms. The number of ether oxygens (including phenoxy) is 1. The van der Waals surface area contributed by atoms with Gasteiger partial charge in [0, 0.05) is 15.8 Å². The van der Waals surface area contributed by atoms with Crippen LogP contribution in [0.4, 0.5) is 10.7 Å². The molecule has 2 aromatic carbocycles. The maximum Gasteiger partial charge on any atom is 0.338 e. The van der Waals surface area contributed by atoms with Crippen molar-refractivity contribution in [2.75, 3.05) is 11.9 Å². The van der Waals surface area contributed by atoms with E-state index in [0.717, 1.165) is 52.6 Å². The molecule has 4 rings (SSSR count). The fraction of sp³-hybridized carbons (Fsp3) is 0.240.